The normalized spacial score (nSPS) is 24.8. The second-order valence-corrected chi connectivity index (χ2v) is 9.43. The lowest BCUT2D eigenvalue weighted by molar-refractivity contribution is -0.319. The molecule has 0 unspecified atom stereocenters. The predicted molar refractivity (Wildman–Crippen MR) is 135 cm³/mol. The summed E-state index contributed by atoms with van der Waals surface area (Å²) in [6, 6.07) is 7.68. The van der Waals surface area contributed by atoms with E-state index in [0.29, 0.717) is 12.0 Å². The number of carbonyl (C=O) groups excluding carboxylic acids is 1. The summed E-state index contributed by atoms with van der Waals surface area (Å²) in [5.41, 5.74) is 0.508. The lowest BCUT2D eigenvalue weighted by Crippen LogP contribution is -2.60. The van der Waals surface area contributed by atoms with Crippen LogP contribution in [-0.4, -0.2) is 96.7 Å². The number of Topliss-reactive ketones (excluding diaryl/α,β-unsaturated/α-hetero) is 1. The van der Waals surface area contributed by atoms with Crippen LogP contribution in [0.15, 0.2) is 36.4 Å². The van der Waals surface area contributed by atoms with Gasteiger partial charge in [0.25, 0.3) is 0 Å². The topological polar surface area (TPSA) is 207 Å². The summed E-state index contributed by atoms with van der Waals surface area (Å²) < 4.78 is 17.6. The SMILES string of the molecule is CCCCO[C@H](c1ccc(O)c(O)c1)[C@@H](CCC(=O)c1ccc(O)c(O)c1)O[C@@H]1O[C@H](CO)[C@@H](O)[C@H](O)[C@H]1O. The van der Waals surface area contributed by atoms with Crippen molar-refractivity contribution in [1.29, 1.82) is 0 Å². The van der Waals surface area contributed by atoms with E-state index >= 15 is 0 Å². The van der Waals surface area contributed by atoms with Gasteiger partial charge >= 0.3 is 0 Å². The minimum Gasteiger partial charge on any atom is -0.504 e. The fourth-order valence-corrected chi connectivity index (χ4v) is 4.25. The van der Waals surface area contributed by atoms with Crippen LogP contribution in [0, 0.1) is 0 Å². The number of rotatable bonds is 13. The fraction of sp³-hybridized carbons (Fsp3) is 0.519. The van der Waals surface area contributed by atoms with E-state index in [1.807, 2.05) is 6.92 Å². The molecule has 0 spiro atoms. The number of unbranched alkanes of at least 4 members (excludes halogenated alkanes) is 1. The smallest absolute Gasteiger partial charge is 0.187 e. The number of benzene rings is 2. The van der Waals surface area contributed by atoms with Crippen molar-refractivity contribution in [2.75, 3.05) is 13.2 Å². The zero-order chi connectivity index (χ0) is 28.7. The Kier molecular flexibility index (Phi) is 10.9. The van der Waals surface area contributed by atoms with Gasteiger partial charge in [0.05, 0.1) is 12.7 Å². The third kappa shape index (κ3) is 7.57. The summed E-state index contributed by atoms with van der Waals surface area (Å²) in [5, 5.41) is 79.7. The van der Waals surface area contributed by atoms with Crippen LogP contribution in [0.2, 0.25) is 0 Å². The Bertz CT molecular complexity index is 1090. The maximum atomic E-state index is 12.9. The van der Waals surface area contributed by atoms with Crippen molar-refractivity contribution in [3.8, 4) is 23.0 Å². The van der Waals surface area contributed by atoms with Gasteiger partial charge in [0.15, 0.2) is 35.1 Å². The largest absolute Gasteiger partial charge is 0.504 e. The van der Waals surface area contributed by atoms with Gasteiger partial charge in [-0.3, -0.25) is 4.79 Å². The van der Waals surface area contributed by atoms with Crippen LogP contribution in [-0.2, 0) is 14.2 Å². The maximum Gasteiger partial charge on any atom is 0.187 e. The molecule has 216 valence electrons. The number of phenols is 4. The minimum absolute atomic E-state index is 0.0338. The van der Waals surface area contributed by atoms with Crippen LogP contribution in [0.5, 0.6) is 23.0 Å². The third-order valence-corrected chi connectivity index (χ3v) is 6.57. The number of carbonyl (C=O) groups is 1. The number of phenolic OH excluding ortho intramolecular Hbond substituents is 4. The van der Waals surface area contributed by atoms with Gasteiger partial charge in [-0.15, -0.1) is 0 Å². The summed E-state index contributed by atoms with van der Waals surface area (Å²) in [6.45, 7) is 1.55. The van der Waals surface area contributed by atoms with Gasteiger partial charge in [0.1, 0.15) is 30.5 Å². The van der Waals surface area contributed by atoms with E-state index in [1.165, 1.54) is 30.3 Å². The predicted octanol–water partition coefficient (Wildman–Crippen LogP) is 1.21. The number of hydrogen-bond acceptors (Lipinski definition) is 12. The van der Waals surface area contributed by atoms with Crippen LogP contribution in [0.1, 0.15) is 54.6 Å². The molecule has 12 heteroatoms. The van der Waals surface area contributed by atoms with E-state index in [0.717, 1.165) is 12.5 Å². The molecule has 1 aliphatic rings. The number of ketones is 1. The van der Waals surface area contributed by atoms with E-state index in [2.05, 4.69) is 0 Å². The van der Waals surface area contributed by atoms with Crippen LogP contribution >= 0.6 is 0 Å². The number of aromatic hydroxyl groups is 4. The van der Waals surface area contributed by atoms with E-state index in [9.17, 15) is 45.6 Å². The van der Waals surface area contributed by atoms with Crippen LogP contribution in [0.4, 0.5) is 0 Å². The molecule has 0 bridgehead atoms. The second kappa shape index (κ2) is 13.9. The summed E-state index contributed by atoms with van der Waals surface area (Å²) in [4.78, 5) is 12.9. The molecule has 0 saturated carbocycles. The first kappa shape index (κ1) is 30.6. The van der Waals surface area contributed by atoms with Gasteiger partial charge in [0.2, 0.25) is 0 Å². The monoisotopic (exact) mass is 552 g/mol. The molecule has 12 nitrogen and oxygen atoms in total. The minimum atomic E-state index is -1.71. The molecule has 39 heavy (non-hydrogen) atoms. The highest BCUT2D eigenvalue weighted by Gasteiger charge is 2.45. The highest BCUT2D eigenvalue weighted by Crippen LogP contribution is 2.35. The highest BCUT2D eigenvalue weighted by atomic mass is 16.7. The van der Waals surface area contributed by atoms with Crippen LogP contribution in [0.25, 0.3) is 0 Å². The van der Waals surface area contributed by atoms with Crippen molar-refractivity contribution in [3.05, 3.63) is 47.5 Å². The maximum absolute atomic E-state index is 12.9. The molecule has 2 aromatic rings. The summed E-state index contributed by atoms with van der Waals surface area (Å²) >= 11 is 0. The molecule has 8 N–H and O–H groups in total. The lowest BCUT2D eigenvalue weighted by atomic mass is 9.96. The Morgan fingerprint density at radius 3 is 2.21 bits per heavy atom. The molecule has 1 heterocycles. The number of hydrogen-bond donors (Lipinski definition) is 8. The average Bonchev–Trinajstić information content (AvgIpc) is 2.92. The zero-order valence-electron chi connectivity index (χ0n) is 21.5. The summed E-state index contributed by atoms with van der Waals surface area (Å²) in [7, 11) is 0. The Balaban J connectivity index is 1.92. The molecule has 0 aromatic heterocycles. The van der Waals surface area contributed by atoms with Crippen molar-refractivity contribution in [3.63, 3.8) is 0 Å². The zero-order valence-corrected chi connectivity index (χ0v) is 21.5. The molecule has 1 aliphatic heterocycles. The molecule has 1 saturated heterocycles. The first-order valence-electron chi connectivity index (χ1n) is 12.7. The Labute approximate surface area is 225 Å². The molecular formula is C27H36O12. The Morgan fingerprint density at radius 2 is 1.59 bits per heavy atom. The van der Waals surface area contributed by atoms with E-state index in [1.54, 1.807) is 0 Å². The standard InChI is InChI=1S/C27H36O12/c1-2-3-10-37-26(15-5-7-18(31)20(33)12-15)21(9-8-16(29)14-4-6-17(30)19(32)11-14)38-27-25(36)24(35)23(34)22(13-28)39-27/h4-7,11-12,21-28,30-36H,2-3,8-10,13H2,1H3/t21-,22-,23-,24+,25-,26-,27-/m1/s1. The van der Waals surface area contributed by atoms with Crippen LogP contribution in [0.3, 0.4) is 0 Å². The molecule has 0 aliphatic carbocycles. The molecule has 7 atom stereocenters. The molecular weight excluding hydrogens is 516 g/mol. The van der Waals surface area contributed by atoms with Crippen molar-refractivity contribution >= 4 is 5.78 Å². The number of aliphatic hydroxyl groups excluding tert-OH is 4. The summed E-state index contributed by atoms with van der Waals surface area (Å²) in [6.07, 6.45) is -8.46. The average molecular weight is 553 g/mol. The highest BCUT2D eigenvalue weighted by molar-refractivity contribution is 5.96. The molecule has 1 fully saturated rings. The molecule has 2 aromatic carbocycles. The fourth-order valence-electron chi connectivity index (χ4n) is 4.25. The van der Waals surface area contributed by atoms with Gasteiger partial charge in [-0.05, 0) is 48.7 Å². The number of aliphatic hydroxyl groups is 4. The summed E-state index contributed by atoms with van der Waals surface area (Å²) in [5.74, 6) is -2.03. The van der Waals surface area contributed by atoms with Crippen molar-refractivity contribution < 1.29 is 59.9 Å². The van der Waals surface area contributed by atoms with Crippen molar-refractivity contribution in [2.24, 2.45) is 0 Å². The van der Waals surface area contributed by atoms with Gasteiger partial charge in [-0.1, -0.05) is 19.4 Å². The first-order valence-corrected chi connectivity index (χ1v) is 12.7. The second-order valence-electron chi connectivity index (χ2n) is 9.43. The van der Waals surface area contributed by atoms with Crippen molar-refractivity contribution in [1.82, 2.24) is 0 Å². The van der Waals surface area contributed by atoms with E-state index in [-0.39, 0.29) is 36.5 Å². The Hall–Kier alpha value is -2.97. The lowest BCUT2D eigenvalue weighted by Gasteiger charge is -2.42. The third-order valence-electron chi connectivity index (χ3n) is 6.57. The quantitative estimate of drug-likeness (QED) is 0.100. The first-order chi connectivity index (χ1) is 18.6. The van der Waals surface area contributed by atoms with Gasteiger partial charge in [-0.25, -0.2) is 0 Å². The molecule has 0 amide bonds. The molecule has 3 rings (SSSR count). The van der Waals surface area contributed by atoms with Gasteiger partial charge < -0.3 is 55.1 Å². The van der Waals surface area contributed by atoms with Gasteiger partial charge in [0, 0.05) is 18.6 Å². The number of ether oxygens (including phenoxy) is 3. The van der Waals surface area contributed by atoms with Crippen molar-refractivity contribution in [2.45, 2.75) is 75.5 Å². The van der Waals surface area contributed by atoms with Crippen LogP contribution < -0.4 is 0 Å². The molecule has 0 radical (unpaired) electrons. The Morgan fingerprint density at radius 1 is 0.923 bits per heavy atom. The van der Waals surface area contributed by atoms with E-state index in [4.69, 9.17) is 14.2 Å². The van der Waals surface area contributed by atoms with Gasteiger partial charge in [-0.2, -0.15) is 0 Å². The van der Waals surface area contributed by atoms with E-state index < -0.39 is 66.8 Å².